The van der Waals surface area contributed by atoms with Gasteiger partial charge in [-0.15, -0.1) is 0 Å². The lowest BCUT2D eigenvalue weighted by Crippen LogP contribution is -2.18. The molecule has 0 unspecified atom stereocenters. The molecule has 1 aromatic heterocycles. The van der Waals surface area contributed by atoms with Gasteiger partial charge in [0.15, 0.2) is 0 Å². The highest BCUT2D eigenvalue weighted by atomic mass is 14.9. The van der Waals surface area contributed by atoms with E-state index in [1.807, 2.05) is 12.4 Å². The summed E-state index contributed by atoms with van der Waals surface area (Å²) in [6.07, 6.45) is 22.0. The summed E-state index contributed by atoms with van der Waals surface area (Å²) in [7, 11) is 0. The van der Waals surface area contributed by atoms with Gasteiger partial charge in [-0.1, -0.05) is 235 Å². The first-order chi connectivity index (χ1) is 24.8. The van der Waals surface area contributed by atoms with Crippen LogP contribution in [-0.2, 0) is 17.3 Å². The van der Waals surface area contributed by atoms with Gasteiger partial charge >= 0.3 is 0 Å². The molecule has 0 radical (unpaired) electrons. The maximum atomic E-state index is 4.41. The van der Waals surface area contributed by atoms with Gasteiger partial charge in [0, 0.05) is 17.8 Å². The van der Waals surface area contributed by atoms with Gasteiger partial charge in [-0.2, -0.15) is 0 Å². The number of nitrogens with zero attached hydrogens (tertiary/aromatic N) is 2. The van der Waals surface area contributed by atoms with Crippen molar-refractivity contribution in [3.63, 3.8) is 0 Å². The predicted molar refractivity (Wildman–Crippen MR) is 257 cm³/mol. The number of allylic oxidation sites excluding steroid dienone is 1. The standard InChI is InChI=1S/C17H26.C14H30.C12H20N2.C11H24/c1-16(2,3)12-11-14-7-9-15(10-8-14)13-17(4,5)6;1-13(2,3)11-9-7-8-10-12-14(4,5)6;1-11(2,3)9-7-13-10(14-8-9)12(4,5)6;1-10(2,3)8-7-9-11(4,5)6/h7-12H,13H2,1-6H3;7-12H2,1-6H3;7-8H,1-6H3;7-9H2,1-6H3/b12-11+;;;. The maximum Gasteiger partial charge on any atom is 0.133 e. The molecule has 56 heavy (non-hydrogen) atoms. The fraction of sp³-hybridized carbons (Fsp3) is 0.778. The van der Waals surface area contributed by atoms with Gasteiger partial charge in [-0.25, -0.2) is 9.97 Å². The molecule has 2 nitrogen and oxygen atoms in total. The van der Waals surface area contributed by atoms with Crippen molar-refractivity contribution in [1.82, 2.24) is 9.97 Å². The second-order valence-electron chi connectivity index (χ2n) is 26.0. The molecule has 2 aromatic rings. The summed E-state index contributed by atoms with van der Waals surface area (Å²) in [4.78, 5) is 8.81. The molecule has 0 atom stereocenters. The fourth-order valence-electron chi connectivity index (χ4n) is 5.62. The Morgan fingerprint density at radius 1 is 0.411 bits per heavy atom. The summed E-state index contributed by atoms with van der Waals surface area (Å²) in [5.41, 5.74) is 6.79. The molecule has 0 spiro atoms. The number of unbranched alkanes of at least 4 members (excludes halogenated alkanes) is 3. The molecule has 326 valence electrons. The van der Waals surface area contributed by atoms with Gasteiger partial charge in [-0.3, -0.25) is 0 Å². The van der Waals surface area contributed by atoms with Crippen molar-refractivity contribution in [2.45, 2.75) is 241 Å². The van der Waals surface area contributed by atoms with Crippen LogP contribution in [0.1, 0.15) is 246 Å². The van der Waals surface area contributed by atoms with E-state index >= 15 is 0 Å². The van der Waals surface area contributed by atoms with E-state index in [1.54, 1.807) is 0 Å². The molecule has 1 aromatic carbocycles. The molecule has 0 bridgehead atoms. The number of aromatic nitrogens is 2. The molecular formula is C54H100N2. The topological polar surface area (TPSA) is 25.8 Å². The van der Waals surface area contributed by atoms with Gasteiger partial charge in [0.05, 0.1) is 0 Å². The van der Waals surface area contributed by atoms with Crippen molar-refractivity contribution in [2.24, 2.45) is 32.5 Å². The third-order valence-corrected chi connectivity index (χ3v) is 9.14. The quantitative estimate of drug-likeness (QED) is 0.237. The molecule has 0 aliphatic rings. The van der Waals surface area contributed by atoms with E-state index in [4.69, 9.17) is 0 Å². The molecule has 2 rings (SSSR count). The molecule has 0 amide bonds. The highest BCUT2D eigenvalue weighted by Crippen LogP contribution is 2.29. The lowest BCUT2D eigenvalue weighted by Gasteiger charge is -2.22. The second-order valence-corrected chi connectivity index (χ2v) is 26.0. The first-order valence-electron chi connectivity index (χ1n) is 22.4. The van der Waals surface area contributed by atoms with Crippen LogP contribution in [0.5, 0.6) is 0 Å². The third-order valence-electron chi connectivity index (χ3n) is 9.14. The molecule has 0 saturated carbocycles. The van der Waals surface area contributed by atoms with Crippen LogP contribution in [0.4, 0.5) is 0 Å². The third kappa shape index (κ3) is 37.6. The van der Waals surface area contributed by atoms with Gasteiger partial charge < -0.3 is 0 Å². The number of rotatable bonds is 9. The molecule has 2 heteroatoms. The molecule has 0 fully saturated rings. The maximum absolute atomic E-state index is 4.41. The SMILES string of the molecule is CC(C)(C)/C=C/c1ccc(CC(C)(C)C)cc1.CC(C)(C)CCCC(C)(C)C.CC(C)(C)CCCCCCC(C)(C)C.CC(C)(C)c1cnc(C(C)(C)C)nc1. The lowest BCUT2D eigenvalue weighted by atomic mass is 9.84. The average molecular weight is 777 g/mol. The van der Waals surface area contributed by atoms with Crippen molar-refractivity contribution in [3.8, 4) is 0 Å². The Morgan fingerprint density at radius 3 is 1.05 bits per heavy atom. The van der Waals surface area contributed by atoms with Gasteiger partial charge in [0.25, 0.3) is 0 Å². The van der Waals surface area contributed by atoms with Crippen LogP contribution in [0.25, 0.3) is 6.08 Å². The van der Waals surface area contributed by atoms with Gasteiger partial charge in [0.2, 0.25) is 0 Å². The number of hydrogen-bond acceptors (Lipinski definition) is 2. The zero-order valence-electron chi connectivity index (χ0n) is 42.6. The van der Waals surface area contributed by atoms with E-state index in [1.165, 1.54) is 74.5 Å². The van der Waals surface area contributed by atoms with E-state index in [9.17, 15) is 0 Å². The van der Waals surface area contributed by atoms with E-state index in [0.29, 0.717) is 27.1 Å². The minimum atomic E-state index is 0.0381. The van der Waals surface area contributed by atoms with E-state index in [-0.39, 0.29) is 16.2 Å². The number of hydrogen-bond donors (Lipinski definition) is 0. The van der Waals surface area contributed by atoms with E-state index < -0.39 is 0 Å². The van der Waals surface area contributed by atoms with Crippen LogP contribution in [0.15, 0.2) is 42.7 Å². The summed E-state index contributed by atoms with van der Waals surface area (Å²) >= 11 is 0. The minimum Gasteiger partial charge on any atom is -0.241 e. The largest absolute Gasteiger partial charge is 0.241 e. The zero-order chi connectivity index (χ0) is 44.5. The molecule has 0 aliphatic heterocycles. The molecule has 1 heterocycles. The Kier molecular flexibility index (Phi) is 23.6. The fourth-order valence-corrected chi connectivity index (χ4v) is 5.62. The highest BCUT2D eigenvalue weighted by Gasteiger charge is 2.20. The van der Waals surface area contributed by atoms with Crippen LogP contribution in [0, 0.1) is 32.5 Å². The summed E-state index contributed by atoms with van der Waals surface area (Å²) in [6, 6.07) is 8.91. The average Bonchev–Trinajstić information content (AvgIpc) is 2.95. The first kappa shape index (κ1) is 56.1. The van der Waals surface area contributed by atoms with Crippen molar-refractivity contribution in [3.05, 3.63) is 65.2 Å². The molecule has 0 aliphatic carbocycles. The van der Waals surface area contributed by atoms with Crippen molar-refractivity contribution < 1.29 is 0 Å². The second kappa shape index (κ2) is 23.6. The summed E-state index contributed by atoms with van der Waals surface area (Å²) in [5, 5.41) is 0. The monoisotopic (exact) mass is 777 g/mol. The summed E-state index contributed by atoms with van der Waals surface area (Å²) in [5.74, 6) is 0.908. The van der Waals surface area contributed by atoms with E-state index in [0.717, 1.165) is 12.2 Å². The minimum absolute atomic E-state index is 0.0381. The van der Waals surface area contributed by atoms with Gasteiger partial charge in [0.1, 0.15) is 5.82 Å². The first-order valence-corrected chi connectivity index (χ1v) is 22.4. The molecule has 0 saturated heterocycles. The predicted octanol–water partition coefficient (Wildman–Crippen LogP) is 18.1. The lowest BCUT2D eigenvalue weighted by molar-refractivity contribution is 0.301. The Labute approximate surface area is 353 Å². The highest BCUT2D eigenvalue weighted by molar-refractivity contribution is 5.50. The Bertz CT molecular complexity index is 1240. The Balaban J connectivity index is 0. The van der Waals surface area contributed by atoms with Crippen LogP contribution in [0.2, 0.25) is 0 Å². The van der Waals surface area contributed by atoms with Crippen molar-refractivity contribution in [1.29, 1.82) is 0 Å². The molecule has 0 N–H and O–H groups in total. The number of benzene rings is 1. The molecular weight excluding hydrogens is 677 g/mol. The van der Waals surface area contributed by atoms with Crippen molar-refractivity contribution >= 4 is 6.08 Å². The Hall–Kier alpha value is -1.96. The van der Waals surface area contributed by atoms with Crippen LogP contribution < -0.4 is 0 Å². The van der Waals surface area contributed by atoms with Crippen LogP contribution in [-0.4, -0.2) is 9.97 Å². The van der Waals surface area contributed by atoms with E-state index in [2.05, 4.69) is 213 Å². The summed E-state index contributed by atoms with van der Waals surface area (Å²) < 4.78 is 0. The summed E-state index contributed by atoms with van der Waals surface area (Å²) in [6.45, 7) is 54.3. The normalized spacial score (nSPS) is 13.3. The van der Waals surface area contributed by atoms with Gasteiger partial charge in [-0.05, 0) is 86.7 Å². The van der Waals surface area contributed by atoms with Crippen LogP contribution in [0.3, 0.4) is 0 Å². The Morgan fingerprint density at radius 2 is 0.768 bits per heavy atom. The van der Waals surface area contributed by atoms with Crippen LogP contribution >= 0.6 is 0 Å². The van der Waals surface area contributed by atoms with Crippen molar-refractivity contribution in [2.75, 3.05) is 0 Å². The zero-order valence-corrected chi connectivity index (χ0v) is 42.6. The smallest absolute Gasteiger partial charge is 0.133 e.